The van der Waals surface area contributed by atoms with Crippen molar-refractivity contribution in [2.24, 2.45) is 0 Å². The van der Waals surface area contributed by atoms with Gasteiger partial charge in [-0.15, -0.1) is 0 Å². The first-order valence-corrected chi connectivity index (χ1v) is 9.49. The standard InChI is InChI=1S/C17H24N2O4S/c1-6-17-18-13(5)11-19(17)24(20,21)16-10-14(22-7-2)12(4)9-15(16)23-8-3/h9-11H,6-8H2,1-5H3. The Kier molecular flexibility index (Phi) is 5.54. The molecule has 2 rings (SSSR count). The molecule has 0 N–H and O–H groups in total. The number of aryl methyl sites for hydroxylation is 3. The fourth-order valence-electron chi connectivity index (χ4n) is 2.50. The molecule has 2 aromatic rings. The van der Waals surface area contributed by atoms with Crippen molar-refractivity contribution in [3.05, 3.63) is 35.4 Å². The van der Waals surface area contributed by atoms with Gasteiger partial charge in [0, 0.05) is 18.7 Å². The van der Waals surface area contributed by atoms with Crippen LogP contribution in [0, 0.1) is 13.8 Å². The average Bonchev–Trinajstić information content (AvgIpc) is 2.92. The highest BCUT2D eigenvalue weighted by Crippen LogP contribution is 2.33. The molecule has 132 valence electrons. The maximum absolute atomic E-state index is 13.2. The smallest absolute Gasteiger partial charge is 0.272 e. The van der Waals surface area contributed by atoms with E-state index in [-0.39, 0.29) is 4.90 Å². The summed E-state index contributed by atoms with van der Waals surface area (Å²) in [5, 5.41) is 0. The third kappa shape index (κ3) is 3.40. The number of aromatic nitrogens is 2. The molecule has 0 atom stereocenters. The van der Waals surface area contributed by atoms with Gasteiger partial charge >= 0.3 is 0 Å². The van der Waals surface area contributed by atoms with Crippen molar-refractivity contribution >= 4 is 10.0 Å². The normalized spacial score (nSPS) is 11.5. The summed E-state index contributed by atoms with van der Waals surface area (Å²) in [6.45, 7) is 10.0. The number of imidazole rings is 1. The van der Waals surface area contributed by atoms with Gasteiger partial charge in [0.1, 0.15) is 22.2 Å². The predicted molar refractivity (Wildman–Crippen MR) is 92.4 cm³/mol. The summed E-state index contributed by atoms with van der Waals surface area (Å²) < 4.78 is 38.7. The molecule has 1 aromatic heterocycles. The second-order valence-corrected chi connectivity index (χ2v) is 7.17. The first kappa shape index (κ1) is 18.3. The lowest BCUT2D eigenvalue weighted by atomic mass is 10.2. The monoisotopic (exact) mass is 352 g/mol. The zero-order valence-corrected chi connectivity index (χ0v) is 15.6. The molecule has 0 fully saturated rings. The van der Waals surface area contributed by atoms with Gasteiger partial charge in [0.05, 0.1) is 18.9 Å². The molecule has 0 bridgehead atoms. The van der Waals surface area contributed by atoms with E-state index in [0.717, 1.165) is 5.56 Å². The minimum absolute atomic E-state index is 0.0884. The molecular weight excluding hydrogens is 328 g/mol. The van der Waals surface area contributed by atoms with Crippen molar-refractivity contribution in [1.82, 2.24) is 8.96 Å². The van der Waals surface area contributed by atoms with Crippen LogP contribution >= 0.6 is 0 Å². The fraction of sp³-hybridized carbons (Fsp3) is 0.471. The number of benzene rings is 1. The summed E-state index contributed by atoms with van der Waals surface area (Å²) in [4.78, 5) is 4.37. The molecular formula is C17H24N2O4S. The molecule has 0 aliphatic carbocycles. The molecule has 24 heavy (non-hydrogen) atoms. The molecule has 6 nitrogen and oxygen atoms in total. The first-order chi connectivity index (χ1) is 11.3. The second kappa shape index (κ2) is 7.25. The summed E-state index contributed by atoms with van der Waals surface area (Å²) in [5.74, 6) is 1.36. The number of rotatable bonds is 7. The molecule has 7 heteroatoms. The second-order valence-electron chi connectivity index (χ2n) is 5.38. The maximum atomic E-state index is 13.2. The third-order valence-electron chi connectivity index (χ3n) is 3.56. The lowest BCUT2D eigenvalue weighted by Crippen LogP contribution is -2.17. The zero-order valence-electron chi connectivity index (χ0n) is 14.8. The Morgan fingerprint density at radius 2 is 1.67 bits per heavy atom. The molecule has 0 unspecified atom stereocenters. The van der Waals surface area contributed by atoms with Crippen molar-refractivity contribution in [2.45, 2.75) is 45.9 Å². The van der Waals surface area contributed by atoms with Crippen molar-refractivity contribution < 1.29 is 17.9 Å². The quantitative estimate of drug-likeness (QED) is 0.766. The summed E-state index contributed by atoms with van der Waals surface area (Å²) in [6, 6.07) is 3.24. The SMILES string of the molecule is CCOc1cc(S(=O)(=O)n2cc(C)nc2CC)c(OCC)cc1C. The summed E-state index contributed by atoms with van der Waals surface area (Å²) in [7, 11) is -3.82. The van der Waals surface area contributed by atoms with Gasteiger partial charge in [0.25, 0.3) is 10.0 Å². The van der Waals surface area contributed by atoms with Crippen LogP contribution in [0.4, 0.5) is 0 Å². The Bertz CT molecular complexity index is 825. The van der Waals surface area contributed by atoms with Crippen LogP contribution in [0.15, 0.2) is 23.2 Å². The van der Waals surface area contributed by atoms with Gasteiger partial charge in [-0.3, -0.25) is 0 Å². The van der Waals surface area contributed by atoms with Crippen molar-refractivity contribution in [3.8, 4) is 11.5 Å². The number of ether oxygens (including phenoxy) is 2. The van der Waals surface area contributed by atoms with Crippen molar-refractivity contribution in [2.75, 3.05) is 13.2 Å². The van der Waals surface area contributed by atoms with Crippen LogP contribution in [0.5, 0.6) is 11.5 Å². The van der Waals surface area contributed by atoms with E-state index < -0.39 is 10.0 Å². The molecule has 0 saturated carbocycles. The average molecular weight is 352 g/mol. The Morgan fingerprint density at radius 3 is 2.25 bits per heavy atom. The third-order valence-corrected chi connectivity index (χ3v) is 5.27. The van der Waals surface area contributed by atoms with Gasteiger partial charge < -0.3 is 9.47 Å². The summed E-state index contributed by atoms with van der Waals surface area (Å²) in [6.07, 6.45) is 2.05. The summed E-state index contributed by atoms with van der Waals surface area (Å²) >= 11 is 0. The van der Waals surface area contributed by atoms with E-state index in [9.17, 15) is 8.42 Å². The number of nitrogens with zero attached hydrogens (tertiary/aromatic N) is 2. The van der Waals surface area contributed by atoms with Crippen LogP contribution in [-0.2, 0) is 16.4 Å². The topological polar surface area (TPSA) is 70.4 Å². The van der Waals surface area contributed by atoms with Crippen LogP contribution < -0.4 is 9.47 Å². The highest BCUT2D eigenvalue weighted by molar-refractivity contribution is 7.90. The summed E-state index contributed by atoms with van der Waals surface area (Å²) in [5.41, 5.74) is 1.49. The van der Waals surface area contributed by atoms with Crippen molar-refractivity contribution in [1.29, 1.82) is 0 Å². The Labute approximate surface area is 143 Å². The van der Waals surface area contributed by atoms with Crippen molar-refractivity contribution in [3.63, 3.8) is 0 Å². The lowest BCUT2D eigenvalue weighted by molar-refractivity contribution is 0.320. The number of hydrogen-bond acceptors (Lipinski definition) is 5. The Hall–Kier alpha value is -2.02. The molecule has 1 heterocycles. The molecule has 0 aliphatic heterocycles. The van der Waals surface area contributed by atoms with Crippen LogP contribution in [0.1, 0.15) is 37.9 Å². The number of hydrogen-bond donors (Lipinski definition) is 0. The molecule has 0 radical (unpaired) electrons. The highest BCUT2D eigenvalue weighted by Gasteiger charge is 2.26. The largest absolute Gasteiger partial charge is 0.494 e. The van der Waals surface area contributed by atoms with Crippen LogP contribution in [0.3, 0.4) is 0 Å². The van der Waals surface area contributed by atoms with Gasteiger partial charge in [0.15, 0.2) is 0 Å². The van der Waals surface area contributed by atoms with E-state index in [2.05, 4.69) is 4.98 Å². The zero-order chi connectivity index (χ0) is 17.9. The van der Waals surface area contributed by atoms with Crippen LogP contribution in [0.2, 0.25) is 0 Å². The van der Waals surface area contributed by atoms with E-state index in [0.29, 0.717) is 42.7 Å². The first-order valence-electron chi connectivity index (χ1n) is 8.05. The Morgan fingerprint density at radius 1 is 1.04 bits per heavy atom. The molecule has 0 spiro atoms. The van der Waals surface area contributed by atoms with Gasteiger partial charge in [-0.2, -0.15) is 0 Å². The van der Waals surface area contributed by atoms with Gasteiger partial charge in [-0.25, -0.2) is 17.4 Å². The van der Waals surface area contributed by atoms with E-state index in [1.807, 2.05) is 27.7 Å². The maximum Gasteiger partial charge on any atom is 0.272 e. The van der Waals surface area contributed by atoms with Crippen LogP contribution in [0.25, 0.3) is 0 Å². The predicted octanol–water partition coefficient (Wildman–Crippen LogP) is 3.10. The Balaban J connectivity index is 2.69. The van der Waals surface area contributed by atoms with E-state index in [1.165, 1.54) is 16.2 Å². The van der Waals surface area contributed by atoms with E-state index in [4.69, 9.17) is 9.47 Å². The minimum atomic E-state index is -3.82. The fourth-order valence-corrected chi connectivity index (χ4v) is 4.08. The molecule has 1 aromatic carbocycles. The molecule has 0 amide bonds. The van der Waals surface area contributed by atoms with Gasteiger partial charge in [0.2, 0.25) is 0 Å². The molecule has 0 saturated heterocycles. The highest BCUT2D eigenvalue weighted by atomic mass is 32.2. The van der Waals surface area contributed by atoms with Gasteiger partial charge in [-0.05, 0) is 39.3 Å². The lowest BCUT2D eigenvalue weighted by Gasteiger charge is -2.16. The minimum Gasteiger partial charge on any atom is -0.494 e. The van der Waals surface area contributed by atoms with Gasteiger partial charge in [-0.1, -0.05) is 6.92 Å². The van der Waals surface area contributed by atoms with E-state index in [1.54, 1.807) is 13.0 Å². The molecule has 0 aliphatic rings. The van der Waals surface area contributed by atoms with Crippen LogP contribution in [-0.4, -0.2) is 30.6 Å². The van der Waals surface area contributed by atoms with E-state index >= 15 is 0 Å².